The molecular weight excluding hydrogens is 250 g/mol. The van der Waals surface area contributed by atoms with Crippen LogP contribution in [0, 0.1) is 12.8 Å². The second kappa shape index (κ2) is 6.88. The third kappa shape index (κ3) is 4.19. The van der Waals surface area contributed by atoms with Gasteiger partial charge in [0.25, 0.3) is 0 Å². The lowest BCUT2D eigenvalue weighted by Crippen LogP contribution is -2.19. The SMILES string of the molecule is CCc1ccc(CC(CN)Cc2cccc(C)c2)s1. The van der Waals surface area contributed by atoms with E-state index in [2.05, 4.69) is 50.2 Å². The van der Waals surface area contributed by atoms with Gasteiger partial charge in [0.2, 0.25) is 0 Å². The molecular formula is C17H23NS. The maximum absolute atomic E-state index is 5.95. The zero-order valence-corrected chi connectivity index (χ0v) is 12.7. The van der Waals surface area contributed by atoms with E-state index < -0.39 is 0 Å². The summed E-state index contributed by atoms with van der Waals surface area (Å²) in [5.41, 5.74) is 8.69. The Hall–Kier alpha value is -1.12. The summed E-state index contributed by atoms with van der Waals surface area (Å²) in [6, 6.07) is 13.3. The molecule has 1 nitrogen and oxygen atoms in total. The van der Waals surface area contributed by atoms with Crippen molar-refractivity contribution in [2.24, 2.45) is 11.7 Å². The highest BCUT2D eigenvalue weighted by atomic mass is 32.1. The number of thiophene rings is 1. The lowest BCUT2D eigenvalue weighted by molar-refractivity contribution is 0.537. The predicted molar refractivity (Wildman–Crippen MR) is 84.8 cm³/mol. The molecule has 0 spiro atoms. The fourth-order valence-electron chi connectivity index (χ4n) is 2.42. The van der Waals surface area contributed by atoms with E-state index in [4.69, 9.17) is 5.73 Å². The van der Waals surface area contributed by atoms with Crippen LogP contribution in [0.3, 0.4) is 0 Å². The normalized spacial score (nSPS) is 12.6. The molecule has 2 heteroatoms. The summed E-state index contributed by atoms with van der Waals surface area (Å²) < 4.78 is 0. The Bertz CT molecular complexity index is 515. The summed E-state index contributed by atoms with van der Waals surface area (Å²) >= 11 is 1.93. The second-order valence-corrected chi connectivity index (χ2v) is 6.47. The molecule has 2 rings (SSSR count). The highest BCUT2D eigenvalue weighted by molar-refractivity contribution is 7.11. The average Bonchev–Trinajstić information content (AvgIpc) is 2.85. The summed E-state index contributed by atoms with van der Waals surface area (Å²) in [5.74, 6) is 0.546. The highest BCUT2D eigenvalue weighted by Gasteiger charge is 2.10. The molecule has 1 atom stereocenters. The first kappa shape index (κ1) is 14.3. The largest absolute Gasteiger partial charge is 0.330 e. The smallest absolute Gasteiger partial charge is 0.00515 e. The van der Waals surface area contributed by atoms with E-state index in [1.807, 2.05) is 11.3 Å². The van der Waals surface area contributed by atoms with Gasteiger partial charge in [0.05, 0.1) is 0 Å². The molecule has 0 radical (unpaired) electrons. The molecule has 0 saturated carbocycles. The van der Waals surface area contributed by atoms with Crippen molar-refractivity contribution in [3.63, 3.8) is 0 Å². The average molecular weight is 273 g/mol. The number of aryl methyl sites for hydroxylation is 2. The van der Waals surface area contributed by atoms with E-state index in [-0.39, 0.29) is 0 Å². The zero-order chi connectivity index (χ0) is 13.7. The summed E-state index contributed by atoms with van der Waals surface area (Å²) in [7, 11) is 0. The lowest BCUT2D eigenvalue weighted by atomic mass is 9.95. The van der Waals surface area contributed by atoms with Crippen LogP contribution in [0.1, 0.15) is 27.8 Å². The molecule has 0 bridgehead atoms. The molecule has 0 fully saturated rings. The fourth-order valence-corrected chi connectivity index (χ4v) is 3.49. The Morgan fingerprint density at radius 1 is 1.11 bits per heavy atom. The van der Waals surface area contributed by atoms with Crippen molar-refractivity contribution in [1.29, 1.82) is 0 Å². The quantitative estimate of drug-likeness (QED) is 0.846. The van der Waals surface area contributed by atoms with Gasteiger partial charge in [0, 0.05) is 9.75 Å². The monoisotopic (exact) mass is 273 g/mol. The van der Waals surface area contributed by atoms with Crippen LogP contribution in [0.4, 0.5) is 0 Å². The van der Waals surface area contributed by atoms with Gasteiger partial charge in [-0.15, -0.1) is 11.3 Å². The van der Waals surface area contributed by atoms with Crippen LogP contribution in [0.25, 0.3) is 0 Å². The number of nitrogens with two attached hydrogens (primary N) is 1. The maximum atomic E-state index is 5.95. The first-order valence-corrected chi connectivity index (χ1v) is 7.86. The Kier molecular flexibility index (Phi) is 5.17. The van der Waals surface area contributed by atoms with Gasteiger partial charge >= 0.3 is 0 Å². The number of rotatable bonds is 6. The van der Waals surface area contributed by atoms with E-state index in [0.29, 0.717) is 5.92 Å². The predicted octanol–water partition coefficient (Wildman–Crippen LogP) is 3.98. The molecule has 0 aliphatic rings. The third-order valence-electron chi connectivity index (χ3n) is 3.50. The second-order valence-electron chi connectivity index (χ2n) is 5.22. The third-order valence-corrected chi connectivity index (χ3v) is 4.75. The van der Waals surface area contributed by atoms with Crippen molar-refractivity contribution in [3.05, 3.63) is 57.3 Å². The molecule has 1 aromatic heterocycles. The molecule has 2 N–H and O–H groups in total. The van der Waals surface area contributed by atoms with E-state index in [1.54, 1.807) is 0 Å². The van der Waals surface area contributed by atoms with Crippen molar-refractivity contribution in [2.45, 2.75) is 33.1 Å². The highest BCUT2D eigenvalue weighted by Crippen LogP contribution is 2.22. The molecule has 1 heterocycles. The van der Waals surface area contributed by atoms with Crippen LogP contribution in [-0.2, 0) is 19.3 Å². The van der Waals surface area contributed by atoms with E-state index in [9.17, 15) is 0 Å². The molecule has 0 saturated heterocycles. The van der Waals surface area contributed by atoms with E-state index in [0.717, 1.165) is 25.8 Å². The minimum absolute atomic E-state index is 0.546. The van der Waals surface area contributed by atoms with Crippen molar-refractivity contribution in [3.8, 4) is 0 Å². The van der Waals surface area contributed by atoms with Crippen LogP contribution in [-0.4, -0.2) is 6.54 Å². The van der Waals surface area contributed by atoms with E-state index >= 15 is 0 Å². The molecule has 102 valence electrons. The maximum Gasteiger partial charge on any atom is 0.00515 e. The minimum Gasteiger partial charge on any atom is -0.330 e. The summed E-state index contributed by atoms with van der Waals surface area (Å²) in [6.07, 6.45) is 3.32. The Morgan fingerprint density at radius 2 is 1.89 bits per heavy atom. The molecule has 1 unspecified atom stereocenters. The number of hydrogen-bond donors (Lipinski definition) is 1. The van der Waals surface area contributed by atoms with Gasteiger partial charge in [-0.25, -0.2) is 0 Å². The fraction of sp³-hybridized carbons (Fsp3) is 0.412. The van der Waals surface area contributed by atoms with Gasteiger partial charge in [0.15, 0.2) is 0 Å². The molecule has 0 aliphatic carbocycles. The van der Waals surface area contributed by atoms with Gasteiger partial charge in [-0.1, -0.05) is 36.8 Å². The van der Waals surface area contributed by atoms with Crippen LogP contribution >= 0.6 is 11.3 Å². The lowest BCUT2D eigenvalue weighted by Gasteiger charge is -2.14. The number of hydrogen-bond acceptors (Lipinski definition) is 2. The summed E-state index contributed by atoms with van der Waals surface area (Å²) in [5, 5.41) is 0. The van der Waals surface area contributed by atoms with Crippen molar-refractivity contribution < 1.29 is 0 Å². The van der Waals surface area contributed by atoms with Crippen LogP contribution in [0.15, 0.2) is 36.4 Å². The van der Waals surface area contributed by atoms with Crippen LogP contribution in [0.2, 0.25) is 0 Å². The number of benzene rings is 1. The molecule has 0 aliphatic heterocycles. The van der Waals surface area contributed by atoms with Crippen molar-refractivity contribution >= 4 is 11.3 Å². The molecule has 2 aromatic rings. The summed E-state index contributed by atoms with van der Waals surface area (Å²) in [6.45, 7) is 5.11. The first-order chi connectivity index (χ1) is 9.21. The van der Waals surface area contributed by atoms with E-state index in [1.165, 1.54) is 20.9 Å². The summed E-state index contributed by atoms with van der Waals surface area (Å²) in [4.78, 5) is 2.95. The first-order valence-electron chi connectivity index (χ1n) is 7.04. The Morgan fingerprint density at radius 3 is 2.53 bits per heavy atom. The van der Waals surface area contributed by atoms with Gasteiger partial charge in [-0.3, -0.25) is 0 Å². The molecule has 19 heavy (non-hydrogen) atoms. The van der Waals surface area contributed by atoms with Gasteiger partial charge in [0.1, 0.15) is 0 Å². The topological polar surface area (TPSA) is 26.0 Å². The van der Waals surface area contributed by atoms with Crippen molar-refractivity contribution in [2.75, 3.05) is 6.54 Å². The van der Waals surface area contributed by atoms with Gasteiger partial charge in [-0.2, -0.15) is 0 Å². The molecule has 1 aromatic carbocycles. The minimum atomic E-state index is 0.546. The van der Waals surface area contributed by atoms with Gasteiger partial charge < -0.3 is 5.73 Å². The Balaban J connectivity index is 2.00. The van der Waals surface area contributed by atoms with Crippen molar-refractivity contribution in [1.82, 2.24) is 0 Å². The standard InChI is InChI=1S/C17H23NS/c1-3-16-7-8-17(19-16)11-15(12-18)10-14-6-4-5-13(2)9-14/h4-9,15H,3,10-12,18H2,1-2H3. The van der Waals surface area contributed by atoms with Crippen LogP contribution in [0.5, 0.6) is 0 Å². The molecule has 0 amide bonds. The van der Waals surface area contributed by atoms with Crippen LogP contribution < -0.4 is 5.73 Å². The Labute approximate surface area is 120 Å². The van der Waals surface area contributed by atoms with Gasteiger partial charge in [-0.05, 0) is 56.3 Å². The zero-order valence-electron chi connectivity index (χ0n) is 11.9.